The molecule has 2 fully saturated rings. The Morgan fingerprint density at radius 3 is 2.19 bits per heavy atom. The zero-order valence-electron chi connectivity index (χ0n) is 19.9. The average Bonchev–Trinajstić information content (AvgIpc) is 3.11. The van der Waals surface area contributed by atoms with Gasteiger partial charge in [0.1, 0.15) is 12.4 Å². The molecule has 8 heteroatoms. The SMILES string of the molecule is CCC(CC)C(=O)N1CCC(NC(=NCc2nnc(C)n2C)NC2CCCCC2)CC1. The van der Waals surface area contributed by atoms with Gasteiger partial charge in [0, 0.05) is 38.1 Å². The van der Waals surface area contributed by atoms with Crippen molar-refractivity contribution >= 4 is 11.9 Å². The summed E-state index contributed by atoms with van der Waals surface area (Å²) in [6.07, 6.45) is 10.1. The van der Waals surface area contributed by atoms with Crippen LogP contribution in [0.5, 0.6) is 0 Å². The monoisotopic (exact) mass is 431 g/mol. The largest absolute Gasteiger partial charge is 0.354 e. The van der Waals surface area contributed by atoms with Crippen molar-refractivity contribution in [2.75, 3.05) is 13.1 Å². The van der Waals surface area contributed by atoms with Crippen LogP contribution >= 0.6 is 0 Å². The molecule has 1 amide bonds. The number of nitrogens with zero attached hydrogens (tertiary/aromatic N) is 5. The van der Waals surface area contributed by atoms with Crippen molar-refractivity contribution in [3.63, 3.8) is 0 Å². The van der Waals surface area contributed by atoms with Gasteiger partial charge in [0.05, 0.1) is 0 Å². The first kappa shape index (κ1) is 23.5. The third-order valence-electron chi connectivity index (χ3n) is 6.99. The topological polar surface area (TPSA) is 87.4 Å². The number of nitrogens with one attached hydrogen (secondary N) is 2. The summed E-state index contributed by atoms with van der Waals surface area (Å²) < 4.78 is 1.99. The van der Waals surface area contributed by atoms with Crippen molar-refractivity contribution in [3.8, 4) is 0 Å². The lowest BCUT2D eigenvalue weighted by molar-refractivity contribution is -0.136. The summed E-state index contributed by atoms with van der Waals surface area (Å²) in [6, 6.07) is 0.819. The van der Waals surface area contributed by atoms with Crippen molar-refractivity contribution < 1.29 is 4.79 Å². The number of likely N-dealkylation sites (tertiary alicyclic amines) is 1. The Morgan fingerprint density at radius 1 is 1.03 bits per heavy atom. The molecule has 0 unspecified atom stereocenters. The van der Waals surface area contributed by atoms with Crippen LogP contribution in [0.3, 0.4) is 0 Å². The quantitative estimate of drug-likeness (QED) is 0.512. The van der Waals surface area contributed by atoms with Crippen molar-refractivity contribution in [1.82, 2.24) is 30.3 Å². The second kappa shape index (κ2) is 11.5. The van der Waals surface area contributed by atoms with E-state index >= 15 is 0 Å². The minimum Gasteiger partial charge on any atom is -0.354 e. The number of aliphatic imine (C=N–C) groups is 1. The number of rotatable bonds is 7. The third kappa shape index (κ3) is 6.43. The van der Waals surface area contributed by atoms with Gasteiger partial charge in [-0.25, -0.2) is 4.99 Å². The molecule has 1 saturated heterocycles. The Labute approximate surface area is 187 Å². The van der Waals surface area contributed by atoms with E-state index in [4.69, 9.17) is 4.99 Å². The number of guanidine groups is 1. The number of carbonyl (C=O) groups excluding carboxylic acids is 1. The van der Waals surface area contributed by atoms with E-state index in [1.807, 2.05) is 18.5 Å². The molecule has 2 N–H and O–H groups in total. The van der Waals surface area contributed by atoms with Crippen LogP contribution in [0.4, 0.5) is 0 Å². The zero-order chi connectivity index (χ0) is 22.2. The van der Waals surface area contributed by atoms with Gasteiger partial charge in [-0.3, -0.25) is 4.79 Å². The molecule has 0 aromatic carbocycles. The van der Waals surface area contributed by atoms with Crippen LogP contribution in [-0.4, -0.2) is 56.7 Å². The summed E-state index contributed by atoms with van der Waals surface area (Å²) in [5.74, 6) is 3.14. The third-order valence-corrected chi connectivity index (χ3v) is 6.99. The maximum Gasteiger partial charge on any atom is 0.225 e. The van der Waals surface area contributed by atoms with Crippen LogP contribution in [0.25, 0.3) is 0 Å². The fourth-order valence-corrected chi connectivity index (χ4v) is 4.65. The van der Waals surface area contributed by atoms with E-state index < -0.39 is 0 Å². The molecule has 1 aromatic heterocycles. The van der Waals surface area contributed by atoms with E-state index in [0.717, 1.165) is 56.4 Å². The molecule has 1 aromatic rings. The molecule has 0 atom stereocenters. The number of piperidine rings is 1. The summed E-state index contributed by atoms with van der Waals surface area (Å²) in [4.78, 5) is 19.6. The molecule has 3 rings (SSSR count). The maximum absolute atomic E-state index is 12.7. The van der Waals surface area contributed by atoms with Gasteiger partial charge in [-0.05, 0) is 45.4 Å². The Hall–Kier alpha value is -2.12. The number of aromatic nitrogens is 3. The van der Waals surface area contributed by atoms with Crippen LogP contribution in [-0.2, 0) is 18.4 Å². The van der Waals surface area contributed by atoms with Gasteiger partial charge in [0.15, 0.2) is 11.8 Å². The Bertz CT molecular complexity index is 726. The lowest BCUT2D eigenvalue weighted by atomic mass is 9.95. The van der Waals surface area contributed by atoms with Crippen LogP contribution in [0.15, 0.2) is 4.99 Å². The van der Waals surface area contributed by atoms with Gasteiger partial charge in [-0.2, -0.15) is 0 Å². The van der Waals surface area contributed by atoms with E-state index in [0.29, 0.717) is 24.5 Å². The fourth-order valence-electron chi connectivity index (χ4n) is 4.65. The Kier molecular flexibility index (Phi) is 8.72. The van der Waals surface area contributed by atoms with Crippen molar-refractivity contribution in [1.29, 1.82) is 0 Å². The molecule has 2 aliphatic rings. The van der Waals surface area contributed by atoms with Crippen molar-refractivity contribution in [2.24, 2.45) is 18.0 Å². The number of carbonyl (C=O) groups is 1. The highest BCUT2D eigenvalue weighted by Gasteiger charge is 2.27. The number of hydrogen-bond donors (Lipinski definition) is 2. The molecule has 0 radical (unpaired) electrons. The van der Waals surface area contributed by atoms with Crippen LogP contribution in [0.2, 0.25) is 0 Å². The first-order valence-electron chi connectivity index (χ1n) is 12.2. The maximum atomic E-state index is 12.7. The van der Waals surface area contributed by atoms with Gasteiger partial charge >= 0.3 is 0 Å². The van der Waals surface area contributed by atoms with Crippen LogP contribution in [0, 0.1) is 12.8 Å². The number of hydrogen-bond acceptors (Lipinski definition) is 4. The van der Waals surface area contributed by atoms with Gasteiger partial charge in [0.2, 0.25) is 5.91 Å². The van der Waals surface area contributed by atoms with Crippen LogP contribution < -0.4 is 10.6 Å². The predicted molar refractivity (Wildman–Crippen MR) is 124 cm³/mol. The average molecular weight is 432 g/mol. The Balaban J connectivity index is 1.59. The summed E-state index contributed by atoms with van der Waals surface area (Å²) in [5.41, 5.74) is 0. The minimum atomic E-state index is 0.171. The Morgan fingerprint density at radius 2 is 1.65 bits per heavy atom. The molecule has 174 valence electrons. The van der Waals surface area contributed by atoms with Crippen molar-refractivity contribution in [3.05, 3.63) is 11.6 Å². The van der Waals surface area contributed by atoms with Gasteiger partial charge in [-0.15, -0.1) is 10.2 Å². The lowest BCUT2D eigenvalue weighted by Crippen LogP contribution is -2.52. The molecule has 31 heavy (non-hydrogen) atoms. The highest BCUT2D eigenvalue weighted by molar-refractivity contribution is 5.81. The molecule has 8 nitrogen and oxygen atoms in total. The molecular weight excluding hydrogens is 390 g/mol. The molecule has 1 aliphatic heterocycles. The standard InChI is InChI=1S/C23H41N7O/c1-5-18(6-2)22(31)30-14-12-20(13-15-30)26-23(25-19-10-8-7-9-11-19)24-16-21-28-27-17(3)29(21)4/h18-20H,5-16H2,1-4H3,(H2,24,25,26). The van der Waals surface area contributed by atoms with E-state index in [2.05, 4.69) is 39.6 Å². The lowest BCUT2D eigenvalue weighted by Gasteiger charge is -2.35. The van der Waals surface area contributed by atoms with Crippen molar-refractivity contribution in [2.45, 2.75) is 97.2 Å². The molecule has 0 spiro atoms. The number of aryl methyl sites for hydroxylation is 1. The highest BCUT2D eigenvalue weighted by atomic mass is 16.2. The summed E-state index contributed by atoms with van der Waals surface area (Å²) in [6.45, 7) is 8.33. The minimum absolute atomic E-state index is 0.171. The van der Waals surface area contributed by atoms with Crippen LogP contribution in [0.1, 0.15) is 83.3 Å². The molecular formula is C23H41N7O. The van der Waals surface area contributed by atoms with Gasteiger partial charge < -0.3 is 20.1 Å². The second-order valence-corrected chi connectivity index (χ2v) is 9.12. The van der Waals surface area contributed by atoms with Gasteiger partial charge in [-0.1, -0.05) is 33.1 Å². The van der Waals surface area contributed by atoms with E-state index in [-0.39, 0.29) is 5.92 Å². The van der Waals surface area contributed by atoms with Gasteiger partial charge in [0.25, 0.3) is 0 Å². The summed E-state index contributed by atoms with van der Waals surface area (Å²) >= 11 is 0. The molecule has 1 aliphatic carbocycles. The first-order valence-corrected chi connectivity index (χ1v) is 12.2. The normalized spacial score (nSPS) is 19.1. The predicted octanol–water partition coefficient (Wildman–Crippen LogP) is 2.92. The molecule has 1 saturated carbocycles. The first-order chi connectivity index (χ1) is 15.0. The molecule has 2 heterocycles. The fraction of sp³-hybridized carbons (Fsp3) is 0.826. The van der Waals surface area contributed by atoms with E-state index in [1.54, 1.807) is 0 Å². The highest BCUT2D eigenvalue weighted by Crippen LogP contribution is 2.19. The van der Waals surface area contributed by atoms with E-state index in [9.17, 15) is 4.79 Å². The summed E-state index contributed by atoms with van der Waals surface area (Å²) in [5, 5.41) is 15.7. The smallest absolute Gasteiger partial charge is 0.225 e. The second-order valence-electron chi connectivity index (χ2n) is 9.12. The molecule has 0 bridgehead atoms. The zero-order valence-corrected chi connectivity index (χ0v) is 19.9. The number of amides is 1. The van der Waals surface area contributed by atoms with E-state index in [1.165, 1.54) is 32.1 Å². The summed E-state index contributed by atoms with van der Waals surface area (Å²) in [7, 11) is 1.98.